The molecule has 0 aliphatic heterocycles. The summed E-state index contributed by atoms with van der Waals surface area (Å²) in [6, 6.07) is 36.6. The summed E-state index contributed by atoms with van der Waals surface area (Å²) in [5.74, 6) is 0.507. The van der Waals surface area contributed by atoms with E-state index < -0.39 is 22.5 Å². The van der Waals surface area contributed by atoms with Gasteiger partial charge < -0.3 is 20.7 Å². The molecule has 0 radical (unpaired) electrons. The van der Waals surface area contributed by atoms with Gasteiger partial charge in [-0.2, -0.15) is 0 Å². The van der Waals surface area contributed by atoms with E-state index in [-0.39, 0.29) is 17.9 Å². The molecule has 4 aromatic rings. The number of aryl methyl sites for hydroxylation is 1. The summed E-state index contributed by atoms with van der Waals surface area (Å²) in [4.78, 5) is 27.0. The van der Waals surface area contributed by atoms with E-state index in [4.69, 9.17) is 4.74 Å². The minimum atomic E-state index is -0.651. The lowest BCUT2D eigenvalue weighted by atomic mass is 9.84. The van der Waals surface area contributed by atoms with Crippen LogP contribution in [-0.4, -0.2) is 42.0 Å². The minimum Gasteiger partial charge on any atom is -0.444 e. The molecule has 0 saturated carbocycles. The highest BCUT2D eigenvalue weighted by molar-refractivity contribution is 8.00. The van der Waals surface area contributed by atoms with Crippen molar-refractivity contribution in [3.63, 3.8) is 0 Å². The average molecular weight is 666 g/mol. The molecular formula is C41H51N3O3S. The van der Waals surface area contributed by atoms with E-state index in [1.807, 2.05) is 71.0 Å². The van der Waals surface area contributed by atoms with Crippen LogP contribution in [0.5, 0.6) is 0 Å². The Labute approximate surface area is 291 Å². The number of anilines is 1. The quantitative estimate of drug-likeness (QED) is 0.117. The van der Waals surface area contributed by atoms with Crippen molar-refractivity contribution in [2.24, 2.45) is 5.92 Å². The number of thioether (sulfide) groups is 1. The van der Waals surface area contributed by atoms with E-state index in [1.165, 1.54) is 0 Å². The molecular weight excluding hydrogens is 615 g/mol. The highest BCUT2D eigenvalue weighted by Crippen LogP contribution is 2.48. The van der Waals surface area contributed by atoms with Crippen LogP contribution in [-0.2, 0) is 14.3 Å². The van der Waals surface area contributed by atoms with Gasteiger partial charge in [0.05, 0.1) is 16.8 Å². The number of nitrogens with one attached hydrogen (secondary N) is 3. The van der Waals surface area contributed by atoms with E-state index in [0.29, 0.717) is 12.3 Å². The maximum atomic E-state index is 13.8. The van der Waals surface area contributed by atoms with Gasteiger partial charge in [-0.3, -0.25) is 4.79 Å². The third-order valence-corrected chi connectivity index (χ3v) is 10.4. The molecule has 7 heteroatoms. The van der Waals surface area contributed by atoms with Crippen LogP contribution in [0.4, 0.5) is 10.5 Å². The summed E-state index contributed by atoms with van der Waals surface area (Å²) >= 11 is 1.77. The van der Waals surface area contributed by atoms with Gasteiger partial charge in [-0.25, -0.2) is 4.79 Å². The number of amides is 2. The van der Waals surface area contributed by atoms with Crippen molar-refractivity contribution in [1.29, 1.82) is 0 Å². The summed E-state index contributed by atoms with van der Waals surface area (Å²) in [5.41, 5.74) is 5.76. The minimum absolute atomic E-state index is 0.0574. The van der Waals surface area contributed by atoms with E-state index in [9.17, 15) is 9.59 Å². The first kappa shape index (κ1) is 36.8. The van der Waals surface area contributed by atoms with Crippen molar-refractivity contribution in [2.75, 3.05) is 17.6 Å². The molecule has 0 fully saturated rings. The Morgan fingerprint density at radius 3 is 1.77 bits per heavy atom. The number of rotatable bonds is 14. The Morgan fingerprint density at radius 1 is 0.771 bits per heavy atom. The first-order valence-electron chi connectivity index (χ1n) is 16.8. The third kappa shape index (κ3) is 9.51. The zero-order valence-electron chi connectivity index (χ0n) is 29.4. The van der Waals surface area contributed by atoms with E-state index in [2.05, 4.69) is 103 Å². The summed E-state index contributed by atoms with van der Waals surface area (Å²) < 4.78 is 5.15. The molecule has 0 heterocycles. The number of hydrogen-bond donors (Lipinski definition) is 3. The van der Waals surface area contributed by atoms with Crippen LogP contribution in [0.3, 0.4) is 0 Å². The molecule has 0 bridgehead atoms. The lowest BCUT2D eigenvalue weighted by Crippen LogP contribution is -2.52. The standard InChI is InChI=1S/C41H51N3O3S/c1-8-29(2)37(38(45)44-36-26-18-19-30(3)31(36)4)42-27-35(43-39(46)47-40(5,6)7)28-48-41(32-20-12-9-13-21-32,33-22-14-10-15-23-33)34-24-16-11-17-25-34/h9-26,29,35,37,42H,8,27-28H2,1-7H3,(H,43,46)(H,44,45)/t29-,35+,37-/m0/s1. The van der Waals surface area contributed by atoms with Crippen LogP contribution in [0.15, 0.2) is 109 Å². The Balaban J connectivity index is 1.67. The Hall–Kier alpha value is -4.07. The van der Waals surface area contributed by atoms with Crippen molar-refractivity contribution >= 4 is 29.4 Å². The zero-order chi connectivity index (χ0) is 34.7. The van der Waals surface area contributed by atoms with E-state index in [1.54, 1.807) is 11.8 Å². The van der Waals surface area contributed by atoms with Gasteiger partial charge in [0, 0.05) is 18.0 Å². The number of benzene rings is 4. The van der Waals surface area contributed by atoms with Crippen LogP contribution in [0.25, 0.3) is 0 Å². The van der Waals surface area contributed by atoms with Crippen molar-refractivity contribution < 1.29 is 14.3 Å². The summed E-state index contributed by atoms with van der Waals surface area (Å²) in [7, 11) is 0. The molecule has 254 valence electrons. The van der Waals surface area contributed by atoms with Gasteiger partial charge in [-0.15, -0.1) is 11.8 Å². The van der Waals surface area contributed by atoms with Gasteiger partial charge in [0.25, 0.3) is 0 Å². The van der Waals surface area contributed by atoms with Gasteiger partial charge in [0.2, 0.25) is 5.91 Å². The predicted octanol–water partition coefficient (Wildman–Crippen LogP) is 8.86. The monoisotopic (exact) mass is 665 g/mol. The molecule has 4 rings (SSSR count). The number of carbonyl (C=O) groups excluding carboxylic acids is 2. The summed E-state index contributed by atoms with van der Waals surface area (Å²) in [6.45, 7) is 14.2. The van der Waals surface area contributed by atoms with Gasteiger partial charge in [0.15, 0.2) is 0 Å². The maximum absolute atomic E-state index is 13.8. The molecule has 0 unspecified atom stereocenters. The van der Waals surface area contributed by atoms with Crippen LogP contribution in [0.2, 0.25) is 0 Å². The van der Waals surface area contributed by atoms with Gasteiger partial charge in [-0.05, 0) is 74.4 Å². The average Bonchev–Trinajstić information content (AvgIpc) is 3.07. The Kier molecular flexibility index (Phi) is 12.9. The normalized spacial score (nSPS) is 13.6. The Bertz CT molecular complexity index is 1510. The maximum Gasteiger partial charge on any atom is 0.407 e. The second kappa shape index (κ2) is 16.8. The van der Waals surface area contributed by atoms with Gasteiger partial charge in [-0.1, -0.05) is 123 Å². The van der Waals surface area contributed by atoms with Gasteiger partial charge >= 0.3 is 6.09 Å². The SMILES string of the molecule is CC[C@H](C)[C@H](NC[C@H](CSC(c1ccccc1)(c1ccccc1)c1ccccc1)NC(=O)OC(C)(C)C)C(=O)Nc1cccc(C)c1C. The Morgan fingerprint density at radius 2 is 1.29 bits per heavy atom. The van der Waals surface area contributed by atoms with Crippen molar-refractivity contribution in [3.05, 3.63) is 137 Å². The van der Waals surface area contributed by atoms with Gasteiger partial charge in [0.1, 0.15) is 5.60 Å². The van der Waals surface area contributed by atoms with Crippen molar-refractivity contribution in [1.82, 2.24) is 10.6 Å². The molecule has 2 amide bonds. The summed E-state index contributed by atoms with van der Waals surface area (Å²) in [5, 5.41) is 9.86. The second-order valence-corrected chi connectivity index (χ2v) is 14.7. The molecule has 0 spiro atoms. The summed E-state index contributed by atoms with van der Waals surface area (Å²) in [6.07, 6.45) is 0.329. The molecule has 3 atom stereocenters. The zero-order valence-corrected chi connectivity index (χ0v) is 30.2. The lowest BCUT2D eigenvalue weighted by molar-refractivity contribution is -0.119. The van der Waals surface area contributed by atoms with Crippen molar-refractivity contribution in [2.45, 2.75) is 77.3 Å². The smallest absolute Gasteiger partial charge is 0.407 e. The molecule has 0 aliphatic rings. The topological polar surface area (TPSA) is 79.5 Å². The van der Waals surface area contributed by atoms with Crippen LogP contribution >= 0.6 is 11.8 Å². The van der Waals surface area contributed by atoms with E-state index in [0.717, 1.165) is 39.9 Å². The second-order valence-electron chi connectivity index (χ2n) is 13.4. The highest BCUT2D eigenvalue weighted by atomic mass is 32.2. The molecule has 0 aromatic heterocycles. The van der Waals surface area contributed by atoms with Crippen LogP contribution in [0, 0.1) is 19.8 Å². The fourth-order valence-corrected chi connectivity index (χ4v) is 7.33. The number of alkyl carbamates (subject to hydrolysis) is 1. The molecule has 0 saturated heterocycles. The van der Waals surface area contributed by atoms with Crippen LogP contribution < -0.4 is 16.0 Å². The van der Waals surface area contributed by atoms with Crippen molar-refractivity contribution in [3.8, 4) is 0 Å². The number of carbonyl (C=O) groups is 2. The van der Waals surface area contributed by atoms with Crippen LogP contribution in [0.1, 0.15) is 68.9 Å². The number of ether oxygens (including phenoxy) is 1. The first-order valence-corrected chi connectivity index (χ1v) is 17.8. The molecule has 4 aromatic carbocycles. The highest BCUT2D eigenvalue weighted by Gasteiger charge is 2.38. The molecule has 6 nitrogen and oxygen atoms in total. The largest absolute Gasteiger partial charge is 0.444 e. The fourth-order valence-electron chi connectivity index (χ4n) is 5.77. The fraction of sp³-hybridized carbons (Fsp3) is 0.366. The predicted molar refractivity (Wildman–Crippen MR) is 201 cm³/mol. The number of hydrogen-bond acceptors (Lipinski definition) is 5. The first-order chi connectivity index (χ1) is 22.9. The molecule has 0 aliphatic carbocycles. The third-order valence-electron chi connectivity index (χ3n) is 8.70. The lowest BCUT2D eigenvalue weighted by Gasteiger charge is -2.37. The molecule has 3 N–H and O–H groups in total. The molecule has 48 heavy (non-hydrogen) atoms. The van der Waals surface area contributed by atoms with E-state index >= 15 is 0 Å².